The molecule has 0 unspecified atom stereocenters. The highest BCUT2D eigenvalue weighted by Crippen LogP contribution is 2.48. The number of likely N-dealkylation sites (tertiary alicyclic amines) is 1. The molecule has 5 rings (SSSR count). The molecule has 8 nitrogen and oxygen atoms in total. The summed E-state index contributed by atoms with van der Waals surface area (Å²) in [5.41, 5.74) is 3.03. The first-order valence-corrected chi connectivity index (χ1v) is 13.0. The van der Waals surface area contributed by atoms with Crippen molar-refractivity contribution < 1.29 is 14.4 Å². The summed E-state index contributed by atoms with van der Waals surface area (Å²) in [5.74, 6) is -0.567. The lowest BCUT2D eigenvalue weighted by Crippen LogP contribution is -2.52. The molecule has 0 saturated carbocycles. The molecule has 2 aromatic carbocycles. The summed E-state index contributed by atoms with van der Waals surface area (Å²) < 4.78 is 0. The number of likely N-dealkylation sites (N-methyl/N-ethyl adjacent to an activating group) is 2. The van der Waals surface area contributed by atoms with Crippen LogP contribution in [0.15, 0.2) is 48.5 Å². The SMILES string of the molecule is Cc1cccc2[nH]c(C(=O)N(C)[C@@H](CC(C)C)C(=O)N3C[C@]4(C[C@H]3C#N)C(=O)N(C)c3ccccc34)cc12. The van der Waals surface area contributed by atoms with E-state index in [0.717, 1.165) is 27.7 Å². The Bertz CT molecular complexity index is 1480. The number of aryl methyl sites for hydroxylation is 1. The molecule has 1 fully saturated rings. The summed E-state index contributed by atoms with van der Waals surface area (Å²) in [5, 5.41) is 11.0. The second-order valence-corrected chi connectivity index (χ2v) is 11.1. The summed E-state index contributed by atoms with van der Waals surface area (Å²) in [7, 11) is 3.38. The minimum absolute atomic E-state index is 0.104. The molecular formula is C30H33N5O3. The number of aromatic nitrogens is 1. The van der Waals surface area contributed by atoms with Crippen LogP contribution in [0.3, 0.4) is 0 Å². The predicted molar refractivity (Wildman–Crippen MR) is 146 cm³/mol. The first-order chi connectivity index (χ1) is 18.1. The van der Waals surface area contributed by atoms with Gasteiger partial charge in [-0.15, -0.1) is 0 Å². The van der Waals surface area contributed by atoms with Gasteiger partial charge in [-0.05, 0) is 48.6 Å². The molecule has 3 amide bonds. The van der Waals surface area contributed by atoms with E-state index >= 15 is 0 Å². The smallest absolute Gasteiger partial charge is 0.270 e. The van der Waals surface area contributed by atoms with E-state index in [4.69, 9.17) is 0 Å². The van der Waals surface area contributed by atoms with Gasteiger partial charge in [0.15, 0.2) is 0 Å². The van der Waals surface area contributed by atoms with Gasteiger partial charge in [0, 0.05) is 43.7 Å². The topological polar surface area (TPSA) is 101 Å². The fraction of sp³-hybridized carbons (Fsp3) is 0.400. The van der Waals surface area contributed by atoms with Crippen molar-refractivity contribution in [2.24, 2.45) is 5.92 Å². The third-order valence-electron chi connectivity index (χ3n) is 8.17. The van der Waals surface area contributed by atoms with E-state index in [9.17, 15) is 19.6 Å². The van der Waals surface area contributed by atoms with Gasteiger partial charge >= 0.3 is 0 Å². The largest absolute Gasteiger partial charge is 0.351 e. The van der Waals surface area contributed by atoms with Gasteiger partial charge in [0.1, 0.15) is 17.8 Å². The molecule has 1 aromatic heterocycles. The lowest BCUT2D eigenvalue weighted by molar-refractivity contribution is -0.136. The number of fused-ring (bicyclic) bond motifs is 3. The molecule has 1 spiro atoms. The van der Waals surface area contributed by atoms with Crippen LogP contribution in [0, 0.1) is 24.2 Å². The molecular weight excluding hydrogens is 478 g/mol. The van der Waals surface area contributed by atoms with E-state index < -0.39 is 17.5 Å². The van der Waals surface area contributed by atoms with Crippen LogP contribution in [0.1, 0.15) is 48.3 Å². The summed E-state index contributed by atoms with van der Waals surface area (Å²) in [4.78, 5) is 49.1. The van der Waals surface area contributed by atoms with Crippen molar-refractivity contribution in [2.45, 2.75) is 51.1 Å². The number of rotatable bonds is 5. The van der Waals surface area contributed by atoms with Gasteiger partial charge in [-0.3, -0.25) is 14.4 Å². The molecule has 3 aromatic rings. The number of hydrogen-bond donors (Lipinski definition) is 1. The van der Waals surface area contributed by atoms with Crippen LogP contribution in [0.2, 0.25) is 0 Å². The molecule has 0 aliphatic carbocycles. The van der Waals surface area contributed by atoms with E-state index in [1.165, 1.54) is 9.80 Å². The van der Waals surface area contributed by atoms with Crippen molar-refractivity contribution in [1.29, 1.82) is 5.26 Å². The van der Waals surface area contributed by atoms with Crippen molar-refractivity contribution >= 4 is 34.3 Å². The number of hydrogen-bond acceptors (Lipinski definition) is 4. The molecule has 8 heteroatoms. The lowest BCUT2D eigenvalue weighted by atomic mass is 9.79. The molecule has 2 aliphatic rings. The fourth-order valence-electron chi connectivity index (χ4n) is 6.14. The molecule has 196 valence electrons. The number of benzene rings is 2. The van der Waals surface area contributed by atoms with Crippen LogP contribution in [-0.4, -0.2) is 65.2 Å². The third-order valence-corrected chi connectivity index (χ3v) is 8.17. The fourth-order valence-corrected chi connectivity index (χ4v) is 6.14. The van der Waals surface area contributed by atoms with Gasteiger partial charge in [0.25, 0.3) is 5.91 Å². The number of aromatic amines is 1. The summed E-state index contributed by atoms with van der Waals surface area (Å²) in [6, 6.07) is 16.0. The number of amides is 3. The third kappa shape index (κ3) is 3.85. The quantitative estimate of drug-likeness (QED) is 0.560. The monoisotopic (exact) mass is 511 g/mol. The molecule has 0 bridgehead atoms. The molecule has 1 N–H and O–H groups in total. The van der Waals surface area contributed by atoms with Crippen LogP contribution < -0.4 is 4.90 Å². The van der Waals surface area contributed by atoms with Gasteiger partial charge < -0.3 is 19.7 Å². The number of carbonyl (C=O) groups excluding carboxylic acids is 3. The Morgan fingerprint density at radius 3 is 2.63 bits per heavy atom. The highest BCUT2D eigenvalue weighted by Gasteiger charge is 2.58. The van der Waals surface area contributed by atoms with Crippen molar-refractivity contribution in [1.82, 2.24) is 14.8 Å². The lowest BCUT2D eigenvalue weighted by Gasteiger charge is -2.33. The summed E-state index contributed by atoms with van der Waals surface area (Å²) in [6.45, 7) is 6.12. The number of para-hydroxylation sites is 1. The van der Waals surface area contributed by atoms with Crippen molar-refractivity contribution in [3.63, 3.8) is 0 Å². The zero-order valence-electron chi connectivity index (χ0n) is 22.5. The highest BCUT2D eigenvalue weighted by atomic mass is 16.2. The molecule has 3 heterocycles. The normalized spacial score (nSPS) is 21.3. The maximum atomic E-state index is 14.1. The Morgan fingerprint density at radius 1 is 1.21 bits per heavy atom. The van der Waals surface area contributed by atoms with E-state index in [2.05, 4.69) is 11.1 Å². The number of carbonyl (C=O) groups is 3. The zero-order chi connectivity index (χ0) is 27.4. The molecule has 0 radical (unpaired) electrons. The first kappa shape index (κ1) is 25.5. The Morgan fingerprint density at radius 2 is 1.95 bits per heavy atom. The van der Waals surface area contributed by atoms with E-state index in [1.807, 2.05) is 69.3 Å². The number of nitrogens with one attached hydrogen (secondary N) is 1. The Hall–Kier alpha value is -4.12. The van der Waals surface area contributed by atoms with Crippen LogP contribution in [-0.2, 0) is 15.0 Å². The van der Waals surface area contributed by atoms with Crippen molar-refractivity contribution in [2.75, 3.05) is 25.5 Å². The van der Waals surface area contributed by atoms with Crippen LogP contribution in [0.5, 0.6) is 0 Å². The van der Waals surface area contributed by atoms with Gasteiger partial charge in [0.05, 0.1) is 11.5 Å². The van der Waals surface area contributed by atoms with Crippen LogP contribution in [0.4, 0.5) is 5.69 Å². The number of anilines is 1. The average Bonchev–Trinajstić information content (AvgIpc) is 3.58. The van der Waals surface area contributed by atoms with Gasteiger partial charge in [-0.25, -0.2) is 0 Å². The molecule has 2 aliphatic heterocycles. The van der Waals surface area contributed by atoms with E-state index in [0.29, 0.717) is 12.1 Å². The number of nitriles is 1. The van der Waals surface area contributed by atoms with Gasteiger partial charge in [0.2, 0.25) is 11.8 Å². The highest BCUT2D eigenvalue weighted by molar-refractivity contribution is 6.09. The second-order valence-electron chi connectivity index (χ2n) is 11.1. The van der Waals surface area contributed by atoms with Gasteiger partial charge in [-0.2, -0.15) is 5.26 Å². The van der Waals surface area contributed by atoms with Crippen LogP contribution in [0.25, 0.3) is 10.9 Å². The molecule has 1 saturated heterocycles. The Balaban J connectivity index is 1.47. The average molecular weight is 512 g/mol. The Labute approximate surface area is 222 Å². The first-order valence-electron chi connectivity index (χ1n) is 13.0. The van der Waals surface area contributed by atoms with Gasteiger partial charge in [-0.1, -0.05) is 44.2 Å². The Kier molecular flexibility index (Phi) is 6.26. The second kappa shape index (κ2) is 9.32. The van der Waals surface area contributed by atoms with E-state index in [-0.39, 0.29) is 36.6 Å². The number of nitrogens with zero attached hydrogens (tertiary/aromatic N) is 4. The van der Waals surface area contributed by atoms with Crippen LogP contribution >= 0.6 is 0 Å². The standard InChI is InChI=1S/C30H33N5O3/c1-18(2)13-26(33(4)27(36)24-14-21-19(3)9-8-11-23(21)32-24)28(37)35-17-30(15-20(35)16-31)22-10-6-7-12-25(22)34(5)29(30)38/h6-12,14,18,20,26,32H,13,15,17H2,1-5H3/t20-,26-,30-/m0/s1. The minimum Gasteiger partial charge on any atom is -0.351 e. The maximum Gasteiger partial charge on any atom is 0.270 e. The van der Waals surface area contributed by atoms with Crippen molar-refractivity contribution in [3.05, 3.63) is 65.4 Å². The molecule has 3 atom stereocenters. The number of H-pyrrole nitrogens is 1. The summed E-state index contributed by atoms with van der Waals surface area (Å²) in [6.07, 6.45) is 0.676. The summed E-state index contributed by atoms with van der Waals surface area (Å²) >= 11 is 0. The molecule has 38 heavy (non-hydrogen) atoms. The minimum atomic E-state index is -0.957. The maximum absolute atomic E-state index is 14.1. The van der Waals surface area contributed by atoms with E-state index in [1.54, 1.807) is 19.0 Å². The van der Waals surface area contributed by atoms with Crippen molar-refractivity contribution in [3.8, 4) is 6.07 Å². The zero-order valence-corrected chi connectivity index (χ0v) is 22.5. The predicted octanol–water partition coefficient (Wildman–Crippen LogP) is 4.00.